The summed E-state index contributed by atoms with van der Waals surface area (Å²) in [5.41, 5.74) is 2.84. The smallest absolute Gasteiger partial charge is 0.108 e. The molecule has 1 unspecified atom stereocenters. The highest BCUT2D eigenvalue weighted by atomic mass is 16.5. The standard InChI is InChI=1S/C13H17NO/c1-2-14-8-7-13(10-14)12-6-4-3-5-11(12)9-15-13/h3-6H,2,7-10H2,1H3. The van der Waals surface area contributed by atoms with Crippen LogP contribution in [0.5, 0.6) is 0 Å². The SMILES string of the molecule is CCN1CCC2(C1)OCc1ccccc12. The van der Waals surface area contributed by atoms with Crippen molar-refractivity contribution in [1.29, 1.82) is 0 Å². The number of likely N-dealkylation sites (N-methyl/N-ethyl adjacent to an activating group) is 1. The van der Waals surface area contributed by atoms with Crippen molar-refractivity contribution in [3.8, 4) is 0 Å². The zero-order valence-corrected chi connectivity index (χ0v) is 9.20. The van der Waals surface area contributed by atoms with Crippen LogP contribution in [0, 0.1) is 0 Å². The molecule has 0 aliphatic carbocycles. The van der Waals surface area contributed by atoms with Crippen molar-refractivity contribution in [2.75, 3.05) is 19.6 Å². The molecule has 0 saturated carbocycles. The van der Waals surface area contributed by atoms with Gasteiger partial charge in [0.15, 0.2) is 0 Å². The average molecular weight is 203 g/mol. The Hall–Kier alpha value is -0.860. The zero-order chi connectivity index (χ0) is 10.3. The van der Waals surface area contributed by atoms with E-state index in [9.17, 15) is 0 Å². The summed E-state index contributed by atoms with van der Waals surface area (Å²) in [5, 5.41) is 0. The summed E-state index contributed by atoms with van der Waals surface area (Å²) in [6.07, 6.45) is 1.15. The molecule has 0 radical (unpaired) electrons. The third kappa shape index (κ3) is 1.32. The molecule has 2 nitrogen and oxygen atoms in total. The Kier molecular flexibility index (Phi) is 2.08. The van der Waals surface area contributed by atoms with Crippen LogP contribution in [0.2, 0.25) is 0 Å². The highest BCUT2D eigenvalue weighted by molar-refractivity contribution is 5.36. The topological polar surface area (TPSA) is 12.5 Å². The van der Waals surface area contributed by atoms with Crippen molar-refractivity contribution < 1.29 is 4.74 Å². The molecule has 0 bridgehead atoms. The number of hydrogen-bond acceptors (Lipinski definition) is 2. The molecule has 1 atom stereocenters. The van der Waals surface area contributed by atoms with Gasteiger partial charge in [-0.15, -0.1) is 0 Å². The van der Waals surface area contributed by atoms with E-state index in [1.165, 1.54) is 17.7 Å². The Morgan fingerprint density at radius 2 is 2.27 bits per heavy atom. The maximum Gasteiger partial charge on any atom is 0.108 e. The largest absolute Gasteiger partial charge is 0.364 e. The first kappa shape index (κ1) is 9.37. The van der Waals surface area contributed by atoms with Crippen molar-refractivity contribution in [2.24, 2.45) is 0 Å². The van der Waals surface area contributed by atoms with E-state index in [-0.39, 0.29) is 5.60 Å². The maximum absolute atomic E-state index is 6.06. The molecule has 1 spiro atoms. The van der Waals surface area contributed by atoms with E-state index in [0.717, 1.165) is 26.1 Å². The molecule has 1 aromatic rings. The monoisotopic (exact) mass is 203 g/mol. The Labute approximate surface area is 90.8 Å². The summed E-state index contributed by atoms with van der Waals surface area (Å²) < 4.78 is 6.06. The molecule has 0 amide bonds. The van der Waals surface area contributed by atoms with E-state index in [4.69, 9.17) is 4.74 Å². The molecular formula is C13H17NO. The van der Waals surface area contributed by atoms with Crippen LogP contribution < -0.4 is 0 Å². The van der Waals surface area contributed by atoms with Gasteiger partial charge in [-0.3, -0.25) is 0 Å². The van der Waals surface area contributed by atoms with Crippen LogP contribution in [-0.2, 0) is 16.9 Å². The van der Waals surface area contributed by atoms with Gasteiger partial charge in [-0.2, -0.15) is 0 Å². The van der Waals surface area contributed by atoms with Crippen molar-refractivity contribution in [3.05, 3.63) is 35.4 Å². The Morgan fingerprint density at radius 3 is 3.07 bits per heavy atom. The Bertz CT molecular complexity index is 377. The van der Waals surface area contributed by atoms with E-state index < -0.39 is 0 Å². The summed E-state index contributed by atoms with van der Waals surface area (Å²) in [5.74, 6) is 0. The summed E-state index contributed by atoms with van der Waals surface area (Å²) in [6, 6.07) is 8.66. The van der Waals surface area contributed by atoms with E-state index in [2.05, 4.69) is 36.1 Å². The number of hydrogen-bond donors (Lipinski definition) is 0. The molecule has 2 heteroatoms. The van der Waals surface area contributed by atoms with Crippen molar-refractivity contribution in [1.82, 2.24) is 4.90 Å². The molecule has 2 heterocycles. The summed E-state index contributed by atoms with van der Waals surface area (Å²) in [4.78, 5) is 2.47. The van der Waals surface area contributed by atoms with Gasteiger partial charge in [-0.05, 0) is 24.1 Å². The first-order valence-corrected chi connectivity index (χ1v) is 5.79. The second kappa shape index (κ2) is 3.32. The van der Waals surface area contributed by atoms with Crippen LogP contribution in [0.4, 0.5) is 0 Å². The Balaban J connectivity index is 1.96. The van der Waals surface area contributed by atoms with Gasteiger partial charge in [0.2, 0.25) is 0 Å². The lowest BCUT2D eigenvalue weighted by atomic mass is 9.92. The molecule has 1 saturated heterocycles. The molecular weight excluding hydrogens is 186 g/mol. The predicted molar refractivity (Wildman–Crippen MR) is 59.6 cm³/mol. The second-order valence-electron chi connectivity index (χ2n) is 4.56. The fourth-order valence-electron chi connectivity index (χ4n) is 2.85. The first-order valence-electron chi connectivity index (χ1n) is 5.79. The lowest BCUT2D eigenvalue weighted by Crippen LogP contribution is -2.30. The maximum atomic E-state index is 6.06. The normalized spacial score (nSPS) is 29.9. The fourth-order valence-corrected chi connectivity index (χ4v) is 2.85. The minimum absolute atomic E-state index is 0.0204. The van der Waals surface area contributed by atoms with Gasteiger partial charge in [0.25, 0.3) is 0 Å². The summed E-state index contributed by atoms with van der Waals surface area (Å²) in [7, 11) is 0. The second-order valence-corrected chi connectivity index (χ2v) is 4.56. The molecule has 15 heavy (non-hydrogen) atoms. The third-order valence-corrected chi connectivity index (χ3v) is 3.77. The first-order chi connectivity index (χ1) is 7.34. The molecule has 3 rings (SSSR count). The quantitative estimate of drug-likeness (QED) is 0.693. The Morgan fingerprint density at radius 1 is 1.40 bits per heavy atom. The molecule has 2 aliphatic rings. The minimum Gasteiger partial charge on any atom is -0.364 e. The van der Waals surface area contributed by atoms with Crippen molar-refractivity contribution in [2.45, 2.75) is 25.6 Å². The highest BCUT2D eigenvalue weighted by Gasteiger charge is 2.44. The molecule has 0 aromatic heterocycles. The van der Waals surface area contributed by atoms with Crippen LogP contribution in [0.3, 0.4) is 0 Å². The lowest BCUT2D eigenvalue weighted by molar-refractivity contribution is -0.0291. The average Bonchev–Trinajstić information content (AvgIpc) is 2.86. The highest BCUT2D eigenvalue weighted by Crippen LogP contribution is 2.42. The van der Waals surface area contributed by atoms with E-state index in [1.54, 1.807) is 0 Å². The predicted octanol–water partition coefficient (Wildman–Crippen LogP) is 2.14. The van der Waals surface area contributed by atoms with Crippen molar-refractivity contribution >= 4 is 0 Å². The van der Waals surface area contributed by atoms with E-state index in [0.29, 0.717) is 0 Å². The number of nitrogens with zero attached hydrogens (tertiary/aromatic N) is 1. The van der Waals surface area contributed by atoms with Gasteiger partial charge in [0.05, 0.1) is 6.61 Å². The minimum atomic E-state index is 0.0204. The van der Waals surface area contributed by atoms with Crippen LogP contribution in [-0.4, -0.2) is 24.5 Å². The van der Waals surface area contributed by atoms with Crippen LogP contribution >= 0.6 is 0 Å². The van der Waals surface area contributed by atoms with E-state index >= 15 is 0 Å². The van der Waals surface area contributed by atoms with Crippen LogP contribution in [0.25, 0.3) is 0 Å². The molecule has 80 valence electrons. The van der Waals surface area contributed by atoms with Crippen molar-refractivity contribution in [3.63, 3.8) is 0 Å². The van der Waals surface area contributed by atoms with Gasteiger partial charge in [-0.25, -0.2) is 0 Å². The van der Waals surface area contributed by atoms with Gasteiger partial charge >= 0.3 is 0 Å². The van der Waals surface area contributed by atoms with Gasteiger partial charge in [0, 0.05) is 13.1 Å². The van der Waals surface area contributed by atoms with Crippen LogP contribution in [0.1, 0.15) is 24.5 Å². The number of benzene rings is 1. The van der Waals surface area contributed by atoms with Gasteiger partial charge in [-0.1, -0.05) is 31.2 Å². The molecule has 1 fully saturated rings. The summed E-state index contributed by atoms with van der Waals surface area (Å²) >= 11 is 0. The van der Waals surface area contributed by atoms with Gasteiger partial charge in [0.1, 0.15) is 5.60 Å². The molecule has 0 N–H and O–H groups in total. The van der Waals surface area contributed by atoms with Gasteiger partial charge < -0.3 is 9.64 Å². The third-order valence-electron chi connectivity index (χ3n) is 3.77. The zero-order valence-electron chi connectivity index (χ0n) is 9.20. The number of likely N-dealkylation sites (tertiary alicyclic amines) is 1. The number of ether oxygens (including phenoxy) is 1. The molecule has 2 aliphatic heterocycles. The number of rotatable bonds is 1. The molecule has 1 aromatic carbocycles. The lowest BCUT2D eigenvalue weighted by Gasteiger charge is -2.24. The van der Waals surface area contributed by atoms with E-state index in [1.807, 2.05) is 0 Å². The fraction of sp³-hybridized carbons (Fsp3) is 0.538. The van der Waals surface area contributed by atoms with Crippen LogP contribution in [0.15, 0.2) is 24.3 Å². The summed E-state index contributed by atoms with van der Waals surface area (Å²) in [6.45, 7) is 6.40. The number of fused-ring (bicyclic) bond motifs is 2.